The van der Waals surface area contributed by atoms with Gasteiger partial charge < -0.3 is 9.64 Å². The zero-order valence-electron chi connectivity index (χ0n) is 19.4. The van der Waals surface area contributed by atoms with Crippen LogP contribution in [0.4, 0.5) is 11.5 Å². The Kier molecular flexibility index (Phi) is 7.63. The summed E-state index contributed by atoms with van der Waals surface area (Å²) in [7, 11) is 1.71. The zero-order chi connectivity index (χ0) is 22.3. The molecular weight excluding hydrogens is 400 g/mol. The van der Waals surface area contributed by atoms with Gasteiger partial charge in [-0.05, 0) is 44.0 Å². The van der Waals surface area contributed by atoms with Crippen LogP contribution < -0.4 is 14.5 Å². The van der Waals surface area contributed by atoms with E-state index in [4.69, 9.17) is 4.74 Å². The molecule has 6 heteroatoms. The maximum Gasteiger partial charge on any atom is 0.231 e. The van der Waals surface area contributed by atoms with Crippen LogP contribution in [0.1, 0.15) is 39.0 Å². The molecule has 1 aliphatic carbocycles. The standard InChI is InChI=1S/C26H36N4O2/c1-21(20-28-15-17-29(18-16-28)23-11-8-12-24(19-23)32-2)30(25-13-6-7-14-27-25)26(31)22-9-4-3-5-10-22/h6-8,11-14,19,21-22H,3-5,9-10,15-18,20H2,1-2H3/t21-/m1/s1. The number of benzene rings is 1. The van der Waals surface area contributed by atoms with Crippen LogP contribution in [0.2, 0.25) is 0 Å². The predicted molar refractivity (Wildman–Crippen MR) is 129 cm³/mol. The number of carbonyl (C=O) groups is 1. The molecule has 1 amide bonds. The van der Waals surface area contributed by atoms with E-state index in [-0.39, 0.29) is 17.9 Å². The highest BCUT2D eigenvalue weighted by Crippen LogP contribution is 2.28. The molecule has 4 rings (SSSR count). The van der Waals surface area contributed by atoms with Crippen LogP contribution >= 0.6 is 0 Å². The van der Waals surface area contributed by atoms with E-state index < -0.39 is 0 Å². The summed E-state index contributed by atoms with van der Waals surface area (Å²) in [5.41, 5.74) is 1.21. The van der Waals surface area contributed by atoms with Gasteiger partial charge in [-0.2, -0.15) is 0 Å². The summed E-state index contributed by atoms with van der Waals surface area (Å²) >= 11 is 0. The number of amides is 1. The van der Waals surface area contributed by atoms with Crippen LogP contribution in [-0.4, -0.2) is 61.7 Å². The molecule has 6 nitrogen and oxygen atoms in total. The summed E-state index contributed by atoms with van der Waals surface area (Å²) in [4.78, 5) is 24.9. The molecule has 1 saturated carbocycles. The lowest BCUT2D eigenvalue weighted by Gasteiger charge is -2.40. The normalized spacial score (nSPS) is 18.9. The Morgan fingerprint density at radius 1 is 1.09 bits per heavy atom. The van der Waals surface area contributed by atoms with Gasteiger partial charge >= 0.3 is 0 Å². The van der Waals surface area contributed by atoms with Crippen molar-refractivity contribution in [2.75, 3.05) is 49.6 Å². The van der Waals surface area contributed by atoms with Crippen molar-refractivity contribution in [3.05, 3.63) is 48.7 Å². The zero-order valence-corrected chi connectivity index (χ0v) is 19.4. The van der Waals surface area contributed by atoms with Gasteiger partial charge in [0.1, 0.15) is 11.6 Å². The van der Waals surface area contributed by atoms with Crippen molar-refractivity contribution in [1.82, 2.24) is 9.88 Å². The summed E-state index contributed by atoms with van der Waals surface area (Å²) in [6.45, 7) is 6.94. The second-order valence-electron chi connectivity index (χ2n) is 9.07. The van der Waals surface area contributed by atoms with Crippen molar-refractivity contribution in [3.63, 3.8) is 0 Å². The van der Waals surface area contributed by atoms with Gasteiger partial charge in [0.05, 0.1) is 7.11 Å². The van der Waals surface area contributed by atoms with Gasteiger partial charge in [0, 0.05) is 62.6 Å². The first-order valence-corrected chi connectivity index (χ1v) is 12.0. The van der Waals surface area contributed by atoms with E-state index >= 15 is 0 Å². The molecule has 2 aliphatic rings. The number of piperazine rings is 1. The molecule has 1 saturated heterocycles. The predicted octanol–water partition coefficient (Wildman–Crippen LogP) is 4.21. The number of methoxy groups -OCH3 is 1. The third kappa shape index (κ3) is 5.41. The van der Waals surface area contributed by atoms with Crippen molar-refractivity contribution in [3.8, 4) is 5.75 Å². The largest absolute Gasteiger partial charge is 0.497 e. The Hall–Kier alpha value is -2.60. The van der Waals surface area contributed by atoms with Crippen LogP contribution in [0.25, 0.3) is 0 Å². The van der Waals surface area contributed by atoms with E-state index in [2.05, 4.69) is 33.8 Å². The second-order valence-corrected chi connectivity index (χ2v) is 9.07. The lowest BCUT2D eigenvalue weighted by Crippen LogP contribution is -2.53. The number of ether oxygens (including phenoxy) is 1. The molecule has 1 atom stereocenters. The molecule has 0 spiro atoms. The van der Waals surface area contributed by atoms with Gasteiger partial charge in [0.25, 0.3) is 0 Å². The van der Waals surface area contributed by atoms with Gasteiger partial charge in [-0.1, -0.05) is 31.4 Å². The maximum absolute atomic E-state index is 13.5. The Morgan fingerprint density at radius 2 is 1.88 bits per heavy atom. The third-order valence-corrected chi connectivity index (χ3v) is 6.84. The Bertz CT molecular complexity index is 861. The summed E-state index contributed by atoms with van der Waals surface area (Å²) < 4.78 is 5.38. The molecule has 0 radical (unpaired) electrons. The highest BCUT2D eigenvalue weighted by molar-refractivity contribution is 5.94. The van der Waals surface area contributed by atoms with E-state index in [9.17, 15) is 4.79 Å². The molecule has 2 heterocycles. The van der Waals surface area contributed by atoms with Crippen LogP contribution in [-0.2, 0) is 4.79 Å². The first kappa shape index (κ1) is 22.6. The minimum Gasteiger partial charge on any atom is -0.497 e. The summed E-state index contributed by atoms with van der Waals surface area (Å²) in [5.74, 6) is 2.07. The Balaban J connectivity index is 1.40. The van der Waals surface area contributed by atoms with Crippen LogP contribution in [0.15, 0.2) is 48.7 Å². The number of pyridine rings is 1. The number of hydrogen-bond donors (Lipinski definition) is 0. The second kappa shape index (κ2) is 10.8. The van der Waals surface area contributed by atoms with Crippen molar-refractivity contribution < 1.29 is 9.53 Å². The van der Waals surface area contributed by atoms with Gasteiger partial charge in [-0.3, -0.25) is 14.6 Å². The van der Waals surface area contributed by atoms with Crippen molar-refractivity contribution in [1.29, 1.82) is 0 Å². The molecule has 2 fully saturated rings. The quantitative estimate of drug-likeness (QED) is 0.651. The Morgan fingerprint density at radius 3 is 2.56 bits per heavy atom. The molecule has 1 aromatic carbocycles. The van der Waals surface area contributed by atoms with Crippen molar-refractivity contribution >= 4 is 17.4 Å². The molecular formula is C26H36N4O2. The number of hydrogen-bond acceptors (Lipinski definition) is 5. The van der Waals surface area contributed by atoms with Gasteiger partial charge in [-0.25, -0.2) is 4.98 Å². The number of anilines is 2. The van der Waals surface area contributed by atoms with Crippen molar-refractivity contribution in [2.45, 2.75) is 45.1 Å². The average molecular weight is 437 g/mol. The van der Waals surface area contributed by atoms with E-state index in [0.29, 0.717) is 0 Å². The first-order valence-electron chi connectivity index (χ1n) is 12.0. The van der Waals surface area contributed by atoms with Gasteiger partial charge in [-0.15, -0.1) is 0 Å². The molecule has 0 bridgehead atoms. The summed E-state index contributed by atoms with van der Waals surface area (Å²) in [5, 5.41) is 0. The van der Waals surface area contributed by atoms with Crippen molar-refractivity contribution in [2.24, 2.45) is 5.92 Å². The first-order chi connectivity index (χ1) is 15.7. The number of carbonyl (C=O) groups excluding carboxylic acids is 1. The molecule has 1 aliphatic heterocycles. The smallest absolute Gasteiger partial charge is 0.231 e. The summed E-state index contributed by atoms with van der Waals surface area (Å²) in [6.07, 6.45) is 7.37. The van der Waals surface area contributed by atoms with E-state index in [1.807, 2.05) is 35.2 Å². The highest BCUT2D eigenvalue weighted by Gasteiger charge is 2.32. The monoisotopic (exact) mass is 436 g/mol. The Labute approximate surface area is 192 Å². The fourth-order valence-corrected chi connectivity index (χ4v) is 5.05. The SMILES string of the molecule is COc1cccc(N2CCN(C[C@@H](C)N(C(=O)C3CCCCC3)c3ccccn3)CC2)c1. The lowest BCUT2D eigenvalue weighted by molar-refractivity contribution is -0.123. The molecule has 32 heavy (non-hydrogen) atoms. The molecule has 172 valence electrons. The number of nitrogens with zero attached hydrogens (tertiary/aromatic N) is 4. The van der Waals surface area contributed by atoms with E-state index in [0.717, 1.165) is 70.0 Å². The minimum atomic E-state index is 0.0858. The summed E-state index contributed by atoms with van der Waals surface area (Å²) in [6, 6.07) is 14.2. The van der Waals surface area contributed by atoms with E-state index in [1.165, 1.54) is 12.1 Å². The maximum atomic E-state index is 13.5. The molecule has 0 N–H and O–H groups in total. The highest BCUT2D eigenvalue weighted by atomic mass is 16.5. The fourth-order valence-electron chi connectivity index (χ4n) is 5.05. The van der Waals surface area contributed by atoms with E-state index in [1.54, 1.807) is 13.3 Å². The molecule has 1 aromatic heterocycles. The van der Waals surface area contributed by atoms with Crippen LogP contribution in [0.5, 0.6) is 5.75 Å². The molecule has 2 aromatic rings. The average Bonchev–Trinajstić information content (AvgIpc) is 2.86. The lowest BCUT2D eigenvalue weighted by atomic mass is 9.88. The van der Waals surface area contributed by atoms with Crippen LogP contribution in [0.3, 0.4) is 0 Å². The topological polar surface area (TPSA) is 48.9 Å². The molecule has 0 unspecified atom stereocenters. The van der Waals surface area contributed by atoms with Gasteiger partial charge in [0.15, 0.2) is 0 Å². The minimum absolute atomic E-state index is 0.0858. The number of rotatable bonds is 7. The third-order valence-electron chi connectivity index (χ3n) is 6.84. The number of aromatic nitrogens is 1. The van der Waals surface area contributed by atoms with Gasteiger partial charge in [0.2, 0.25) is 5.91 Å². The van der Waals surface area contributed by atoms with Crippen LogP contribution in [0, 0.1) is 5.92 Å². The fraction of sp³-hybridized carbons (Fsp3) is 0.538.